The SMILES string of the molecule is CCNC1CCC(c2ccc(S(=O)(=O)C(F)(F)F)cc2)C(C#N)C1. The van der Waals surface area contributed by atoms with Crippen molar-refractivity contribution in [3.63, 3.8) is 0 Å². The number of nitrogens with zero attached hydrogens (tertiary/aromatic N) is 1. The van der Waals surface area contributed by atoms with Crippen LogP contribution in [0.5, 0.6) is 0 Å². The minimum atomic E-state index is -5.33. The van der Waals surface area contributed by atoms with Gasteiger partial charge in [0.25, 0.3) is 9.84 Å². The molecule has 0 spiro atoms. The molecule has 3 unspecified atom stereocenters. The van der Waals surface area contributed by atoms with Gasteiger partial charge in [0.05, 0.1) is 16.9 Å². The number of hydrogen-bond donors (Lipinski definition) is 1. The lowest BCUT2D eigenvalue weighted by atomic mass is 9.74. The number of rotatable bonds is 4. The van der Waals surface area contributed by atoms with Crippen LogP contribution < -0.4 is 5.32 Å². The fraction of sp³-hybridized carbons (Fsp3) is 0.562. The van der Waals surface area contributed by atoms with Gasteiger partial charge in [-0.25, -0.2) is 8.42 Å². The quantitative estimate of drug-likeness (QED) is 0.894. The Morgan fingerprint density at radius 3 is 2.38 bits per heavy atom. The van der Waals surface area contributed by atoms with Gasteiger partial charge in [0, 0.05) is 6.04 Å². The molecule has 0 saturated heterocycles. The van der Waals surface area contributed by atoms with E-state index in [0.717, 1.165) is 31.5 Å². The van der Waals surface area contributed by atoms with Gasteiger partial charge in [0.1, 0.15) is 0 Å². The van der Waals surface area contributed by atoms with E-state index in [1.165, 1.54) is 12.1 Å². The first kappa shape index (κ1) is 18.7. The number of hydrogen-bond acceptors (Lipinski definition) is 4. The Hall–Kier alpha value is -1.59. The highest BCUT2D eigenvalue weighted by atomic mass is 32.2. The first-order valence-corrected chi connectivity index (χ1v) is 9.23. The van der Waals surface area contributed by atoms with Gasteiger partial charge in [0.2, 0.25) is 0 Å². The topological polar surface area (TPSA) is 70.0 Å². The van der Waals surface area contributed by atoms with Crippen molar-refractivity contribution in [3.8, 4) is 6.07 Å². The smallest absolute Gasteiger partial charge is 0.314 e. The van der Waals surface area contributed by atoms with E-state index in [9.17, 15) is 26.9 Å². The van der Waals surface area contributed by atoms with E-state index in [0.29, 0.717) is 12.0 Å². The summed E-state index contributed by atoms with van der Waals surface area (Å²) in [5.74, 6) is -0.333. The zero-order valence-corrected chi connectivity index (χ0v) is 14.0. The lowest BCUT2D eigenvalue weighted by Crippen LogP contribution is -2.36. The van der Waals surface area contributed by atoms with Gasteiger partial charge in [-0.15, -0.1) is 0 Å². The van der Waals surface area contributed by atoms with Crippen molar-refractivity contribution in [2.45, 2.75) is 48.5 Å². The molecule has 3 atom stereocenters. The first-order valence-electron chi connectivity index (χ1n) is 7.75. The maximum atomic E-state index is 12.6. The molecule has 0 aromatic heterocycles. The largest absolute Gasteiger partial charge is 0.501 e. The molecule has 1 fully saturated rings. The second kappa shape index (κ2) is 7.11. The molecule has 0 heterocycles. The monoisotopic (exact) mass is 360 g/mol. The Balaban J connectivity index is 2.21. The number of halogens is 3. The van der Waals surface area contributed by atoms with Gasteiger partial charge in [-0.2, -0.15) is 18.4 Å². The van der Waals surface area contributed by atoms with E-state index >= 15 is 0 Å². The van der Waals surface area contributed by atoms with Crippen molar-refractivity contribution in [1.29, 1.82) is 5.26 Å². The molecule has 1 saturated carbocycles. The van der Waals surface area contributed by atoms with Crippen LogP contribution in [0.4, 0.5) is 13.2 Å². The Kier molecular flexibility index (Phi) is 5.56. The highest BCUT2D eigenvalue weighted by Gasteiger charge is 2.46. The van der Waals surface area contributed by atoms with Crippen molar-refractivity contribution in [2.24, 2.45) is 5.92 Å². The third-order valence-corrected chi connectivity index (χ3v) is 5.93. The number of nitriles is 1. The fourth-order valence-corrected chi connectivity index (χ4v) is 3.98. The second-order valence-corrected chi connectivity index (χ2v) is 7.87. The maximum Gasteiger partial charge on any atom is 0.501 e. The Bertz CT molecular complexity index is 708. The van der Waals surface area contributed by atoms with Gasteiger partial charge in [-0.1, -0.05) is 19.1 Å². The maximum absolute atomic E-state index is 12.6. The van der Waals surface area contributed by atoms with Gasteiger partial charge in [0.15, 0.2) is 0 Å². The number of alkyl halides is 3. The zero-order valence-electron chi connectivity index (χ0n) is 13.2. The molecule has 132 valence electrons. The molecule has 1 aromatic carbocycles. The van der Waals surface area contributed by atoms with Crippen molar-refractivity contribution >= 4 is 9.84 Å². The van der Waals surface area contributed by atoms with Crippen LogP contribution in [0.1, 0.15) is 37.7 Å². The molecule has 8 heteroatoms. The average molecular weight is 360 g/mol. The molecule has 24 heavy (non-hydrogen) atoms. The molecule has 0 bridgehead atoms. The van der Waals surface area contributed by atoms with Crippen LogP contribution in [0.25, 0.3) is 0 Å². The van der Waals surface area contributed by atoms with Crippen LogP contribution in [0, 0.1) is 17.2 Å². The van der Waals surface area contributed by atoms with E-state index in [1.807, 2.05) is 6.92 Å². The van der Waals surface area contributed by atoms with Crippen LogP contribution in [0.2, 0.25) is 0 Å². The standard InChI is InChI=1S/C16H19F3N2O2S/c1-2-21-13-5-8-15(12(9-13)10-20)11-3-6-14(7-4-11)24(22,23)16(17,18)19/h3-4,6-7,12-13,15,21H,2,5,8-9H2,1H3. The summed E-state index contributed by atoms with van der Waals surface area (Å²) in [5, 5.41) is 12.7. The molecule has 0 aliphatic heterocycles. The normalized spacial score (nSPS) is 25.2. The summed E-state index contributed by atoms with van der Waals surface area (Å²) in [7, 11) is -5.33. The summed E-state index contributed by atoms with van der Waals surface area (Å²) in [6.45, 7) is 2.81. The summed E-state index contributed by atoms with van der Waals surface area (Å²) in [5.41, 5.74) is -4.61. The third-order valence-electron chi connectivity index (χ3n) is 4.43. The van der Waals surface area contributed by atoms with Crippen molar-refractivity contribution in [1.82, 2.24) is 5.32 Å². The predicted molar refractivity (Wildman–Crippen MR) is 82.8 cm³/mol. The summed E-state index contributed by atoms with van der Waals surface area (Å²) < 4.78 is 60.5. The lowest BCUT2D eigenvalue weighted by molar-refractivity contribution is -0.0436. The Morgan fingerprint density at radius 1 is 1.25 bits per heavy atom. The van der Waals surface area contributed by atoms with Crippen LogP contribution >= 0.6 is 0 Å². The van der Waals surface area contributed by atoms with Crippen LogP contribution in [-0.2, 0) is 9.84 Å². The van der Waals surface area contributed by atoms with Crippen LogP contribution in [0.3, 0.4) is 0 Å². The Morgan fingerprint density at radius 2 is 1.88 bits per heavy atom. The number of nitrogens with one attached hydrogen (secondary N) is 1. The molecule has 0 radical (unpaired) electrons. The summed E-state index contributed by atoms with van der Waals surface area (Å²) in [6, 6.07) is 7.27. The van der Waals surface area contributed by atoms with Crippen molar-refractivity contribution < 1.29 is 21.6 Å². The molecule has 1 aliphatic carbocycles. The van der Waals surface area contributed by atoms with Crippen molar-refractivity contribution in [2.75, 3.05) is 6.54 Å². The highest BCUT2D eigenvalue weighted by Crippen LogP contribution is 2.38. The van der Waals surface area contributed by atoms with Gasteiger partial charge >= 0.3 is 5.51 Å². The van der Waals surface area contributed by atoms with Crippen LogP contribution in [0.15, 0.2) is 29.2 Å². The summed E-state index contributed by atoms with van der Waals surface area (Å²) in [6.07, 6.45) is 2.29. The molecule has 1 N–H and O–H groups in total. The molecule has 1 aliphatic rings. The summed E-state index contributed by atoms with van der Waals surface area (Å²) in [4.78, 5) is -0.770. The molecule has 4 nitrogen and oxygen atoms in total. The first-order chi connectivity index (χ1) is 11.2. The van der Waals surface area contributed by atoms with E-state index in [4.69, 9.17) is 0 Å². The minimum Gasteiger partial charge on any atom is -0.314 e. The number of benzene rings is 1. The Labute approximate surface area is 139 Å². The zero-order chi connectivity index (χ0) is 18.0. The lowest BCUT2D eigenvalue weighted by Gasteiger charge is -2.33. The van der Waals surface area contributed by atoms with Crippen LogP contribution in [-0.4, -0.2) is 26.5 Å². The average Bonchev–Trinajstić information content (AvgIpc) is 2.54. The van der Waals surface area contributed by atoms with E-state index in [-0.39, 0.29) is 17.9 Å². The predicted octanol–water partition coefficient (Wildman–Crippen LogP) is 3.37. The van der Waals surface area contributed by atoms with E-state index in [2.05, 4.69) is 11.4 Å². The number of sulfone groups is 1. The second-order valence-electron chi connectivity index (χ2n) is 5.93. The van der Waals surface area contributed by atoms with Gasteiger partial charge < -0.3 is 5.32 Å². The summed E-state index contributed by atoms with van der Waals surface area (Å²) >= 11 is 0. The molecule has 0 amide bonds. The minimum absolute atomic E-state index is 0.0902. The highest BCUT2D eigenvalue weighted by molar-refractivity contribution is 7.92. The fourth-order valence-electron chi connectivity index (χ4n) is 3.21. The molecule has 2 rings (SSSR count). The van der Waals surface area contributed by atoms with Crippen molar-refractivity contribution in [3.05, 3.63) is 29.8 Å². The molecule has 1 aromatic rings. The van der Waals surface area contributed by atoms with Gasteiger partial charge in [-0.05, 0) is 49.4 Å². The van der Waals surface area contributed by atoms with E-state index in [1.54, 1.807) is 0 Å². The molecular weight excluding hydrogens is 341 g/mol. The van der Waals surface area contributed by atoms with Gasteiger partial charge in [-0.3, -0.25) is 0 Å². The third kappa shape index (κ3) is 3.73. The molecular formula is C16H19F3N2O2S. The van der Waals surface area contributed by atoms with E-state index < -0.39 is 20.2 Å².